The molecule has 0 aliphatic carbocycles. The molecule has 1 aliphatic rings. The standard InChI is InChI=1S/C13H18BrNO2S/c1-2-18(16,17)13-6-4-3-5-12(13)15-9-7-11(14)8-10-15/h3-6,11H,2,7-10H2,1H3. The van der Waals surface area contributed by atoms with Crippen LogP contribution in [0.2, 0.25) is 0 Å². The van der Waals surface area contributed by atoms with Gasteiger partial charge in [-0.1, -0.05) is 35.0 Å². The fourth-order valence-electron chi connectivity index (χ4n) is 2.23. The Bertz CT molecular complexity index is 507. The first kappa shape index (κ1) is 13.9. The van der Waals surface area contributed by atoms with Gasteiger partial charge in [0.05, 0.1) is 16.3 Å². The predicted octanol–water partition coefficient (Wildman–Crippen LogP) is 2.84. The molecular formula is C13H18BrNO2S. The molecule has 0 saturated carbocycles. The van der Waals surface area contributed by atoms with Crippen LogP contribution in [0.1, 0.15) is 19.8 Å². The van der Waals surface area contributed by atoms with Gasteiger partial charge in [-0.25, -0.2) is 8.42 Å². The summed E-state index contributed by atoms with van der Waals surface area (Å²) in [5.74, 6) is 0.152. The van der Waals surface area contributed by atoms with Gasteiger partial charge in [0.25, 0.3) is 0 Å². The second kappa shape index (κ2) is 5.61. The van der Waals surface area contributed by atoms with Crippen molar-refractivity contribution in [1.29, 1.82) is 0 Å². The third-order valence-electron chi connectivity index (χ3n) is 3.35. The van der Waals surface area contributed by atoms with Crippen LogP contribution in [0.3, 0.4) is 0 Å². The second-order valence-electron chi connectivity index (χ2n) is 4.53. The average molecular weight is 332 g/mol. The van der Waals surface area contributed by atoms with Crippen molar-refractivity contribution in [2.45, 2.75) is 29.5 Å². The van der Waals surface area contributed by atoms with Crippen molar-refractivity contribution < 1.29 is 8.42 Å². The Labute approximate surface area is 117 Å². The molecule has 0 amide bonds. The van der Waals surface area contributed by atoms with Crippen molar-refractivity contribution in [3.63, 3.8) is 0 Å². The maximum Gasteiger partial charge on any atom is 0.180 e. The highest BCUT2D eigenvalue weighted by atomic mass is 79.9. The van der Waals surface area contributed by atoms with E-state index in [1.54, 1.807) is 19.1 Å². The zero-order valence-electron chi connectivity index (χ0n) is 10.5. The van der Waals surface area contributed by atoms with Gasteiger partial charge < -0.3 is 4.90 Å². The van der Waals surface area contributed by atoms with Gasteiger partial charge in [0.2, 0.25) is 0 Å². The second-order valence-corrected chi connectivity index (χ2v) is 8.07. The van der Waals surface area contributed by atoms with Crippen molar-refractivity contribution in [3.05, 3.63) is 24.3 Å². The summed E-state index contributed by atoms with van der Waals surface area (Å²) in [6, 6.07) is 7.33. The van der Waals surface area contributed by atoms with E-state index in [0.717, 1.165) is 31.6 Å². The minimum absolute atomic E-state index is 0.152. The number of nitrogens with zero attached hydrogens (tertiary/aromatic N) is 1. The van der Waals surface area contributed by atoms with E-state index in [-0.39, 0.29) is 5.75 Å². The number of benzene rings is 1. The normalized spacial score (nSPS) is 18.0. The van der Waals surface area contributed by atoms with Gasteiger partial charge in [0.1, 0.15) is 0 Å². The van der Waals surface area contributed by atoms with Crippen molar-refractivity contribution in [2.75, 3.05) is 23.7 Å². The third kappa shape index (κ3) is 2.88. The number of hydrogen-bond acceptors (Lipinski definition) is 3. The Morgan fingerprint density at radius 1 is 1.28 bits per heavy atom. The van der Waals surface area contributed by atoms with Crippen LogP contribution in [0.5, 0.6) is 0 Å². The van der Waals surface area contributed by atoms with E-state index in [0.29, 0.717) is 9.72 Å². The lowest BCUT2D eigenvalue weighted by Crippen LogP contribution is -2.34. The van der Waals surface area contributed by atoms with Gasteiger partial charge in [-0.15, -0.1) is 0 Å². The molecule has 1 aromatic carbocycles. The first-order valence-electron chi connectivity index (χ1n) is 6.25. The first-order chi connectivity index (χ1) is 8.54. The molecule has 0 bridgehead atoms. The molecule has 1 fully saturated rings. The number of para-hydroxylation sites is 1. The number of hydrogen-bond donors (Lipinski definition) is 0. The van der Waals surface area contributed by atoms with Crippen LogP contribution >= 0.6 is 15.9 Å². The topological polar surface area (TPSA) is 37.4 Å². The molecule has 0 radical (unpaired) electrons. The van der Waals surface area contributed by atoms with Gasteiger partial charge in [0.15, 0.2) is 9.84 Å². The van der Waals surface area contributed by atoms with Crippen molar-refractivity contribution in [1.82, 2.24) is 0 Å². The van der Waals surface area contributed by atoms with Crippen molar-refractivity contribution >= 4 is 31.5 Å². The van der Waals surface area contributed by atoms with Crippen LogP contribution in [-0.2, 0) is 9.84 Å². The lowest BCUT2D eigenvalue weighted by molar-refractivity contribution is 0.585. The van der Waals surface area contributed by atoms with Crippen molar-refractivity contribution in [3.8, 4) is 0 Å². The molecule has 0 atom stereocenters. The molecule has 0 aromatic heterocycles. The van der Waals surface area contributed by atoms with E-state index in [4.69, 9.17) is 0 Å². The molecule has 5 heteroatoms. The number of alkyl halides is 1. The van der Waals surface area contributed by atoms with Crippen LogP contribution in [0.15, 0.2) is 29.2 Å². The highest BCUT2D eigenvalue weighted by Gasteiger charge is 2.23. The summed E-state index contributed by atoms with van der Waals surface area (Å²) < 4.78 is 24.2. The quantitative estimate of drug-likeness (QED) is 0.799. The van der Waals surface area contributed by atoms with Crippen LogP contribution in [0.4, 0.5) is 5.69 Å². The largest absolute Gasteiger partial charge is 0.370 e. The van der Waals surface area contributed by atoms with E-state index in [1.165, 1.54) is 0 Å². The van der Waals surface area contributed by atoms with E-state index >= 15 is 0 Å². The number of anilines is 1. The lowest BCUT2D eigenvalue weighted by atomic mass is 10.1. The summed E-state index contributed by atoms with van der Waals surface area (Å²) in [4.78, 5) is 3.21. The zero-order chi connectivity index (χ0) is 13.2. The first-order valence-corrected chi connectivity index (χ1v) is 8.82. The highest BCUT2D eigenvalue weighted by Crippen LogP contribution is 2.29. The van der Waals surface area contributed by atoms with Gasteiger partial charge >= 0.3 is 0 Å². The molecule has 0 spiro atoms. The lowest BCUT2D eigenvalue weighted by Gasteiger charge is -2.32. The van der Waals surface area contributed by atoms with Crippen LogP contribution in [-0.4, -0.2) is 32.1 Å². The summed E-state index contributed by atoms with van der Waals surface area (Å²) >= 11 is 3.62. The van der Waals surface area contributed by atoms with Gasteiger partial charge in [0, 0.05) is 17.9 Å². The number of sulfone groups is 1. The number of piperidine rings is 1. The molecule has 0 N–H and O–H groups in total. The third-order valence-corrected chi connectivity index (χ3v) is 6.04. The van der Waals surface area contributed by atoms with Crippen LogP contribution in [0, 0.1) is 0 Å². The average Bonchev–Trinajstić information content (AvgIpc) is 2.40. The summed E-state index contributed by atoms with van der Waals surface area (Å²) in [5.41, 5.74) is 0.860. The zero-order valence-corrected chi connectivity index (χ0v) is 12.9. The molecule has 2 rings (SSSR count). The Kier molecular flexibility index (Phi) is 4.33. The van der Waals surface area contributed by atoms with Crippen LogP contribution < -0.4 is 4.90 Å². The Morgan fingerprint density at radius 3 is 2.50 bits per heavy atom. The summed E-state index contributed by atoms with van der Waals surface area (Å²) in [6.07, 6.45) is 2.11. The summed E-state index contributed by atoms with van der Waals surface area (Å²) in [5, 5.41) is 0. The van der Waals surface area contributed by atoms with Gasteiger partial charge in [-0.3, -0.25) is 0 Å². The molecule has 1 saturated heterocycles. The Morgan fingerprint density at radius 2 is 1.89 bits per heavy atom. The Hall–Kier alpha value is -0.550. The summed E-state index contributed by atoms with van der Waals surface area (Å²) in [6.45, 7) is 3.51. The molecule has 18 heavy (non-hydrogen) atoms. The molecular weight excluding hydrogens is 314 g/mol. The summed E-state index contributed by atoms with van der Waals surface area (Å²) in [7, 11) is -3.15. The Balaban J connectivity index is 2.34. The number of halogens is 1. The molecule has 1 heterocycles. The molecule has 3 nitrogen and oxygen atoms in total. The molecule has 1 aliphatic heterocycles. The van der Waals surface area contributed by atoms with Gasteiger partial charge in [-0.05, 0) is 25.0 Å². The van der Waals surface area contributed by atoms with E-state index < -0.39 is 9.84 Å². The minimum atomic E-state index is -3.15. The smallest absolute Gasteiger partial charge is 0.180 e. The maximum atomic E-state index is 12.1. The van der Waals surface area contributed by atoms with Crippen molar-refractivity contribution in [2.24, 2.45) is 0 Å². The highest BCUT2D eigenvalue weighted by molar-refractivity contribution is 9.09. The van der Waals surface area contributed by atoms with E-state index in [9.17, 15) is 8.42 Å². The molecule has 0 unspecified atom stereocenters. The molecule has 1 aromatic rings. The number of rotatable bonds is 3. The van der Waals surface area contributed by atoms with E-state index in [2.05, 4.69) is 20.8 Å². The fourth-order valence-corrected chi connectivity index (χ4v) is 3.75. The fraction of sp³-hybridized carbons (Fsp3) is 0.538. The molecule has 100 valence electrons. The maximum absolute atomic E-state index is 12.1. The predicted molar refractivity (Wildman–Crippen MR) is 78.3 cm³/mol. The SMILES string of the molecule is CCS(=O)(=O)c1ccccc1N1CCC(Br)CC1. The van der Waals surface area contributed by atoms with E-state index in [1.807, 2.05) is 12.1 Å². The monoisotopic (exact) mass is 331 g/mol. The van der Waals surface area contributed by atoms with Crippen LogP contribution in [0.25, 0.3) is 0 Å². The van der Waals surface area contributed by atoms with Gasteiger partial charge in [-0.2, -0.15) is 0 Å². The minimum Gasteiger partial charge on any atom is -0.370 e.